The van der Waals surface area contributed by atoms with Crippen molar-refractivity contribution in [3.63, 3.8) is 0 Å². The predicted molar refractivity (Wildman–Crippen MR) is 34.8 cm³/mol. The molecule has 1 radical (unpaired) electrons. The Balaban J connectivity index is 2.39. The highest BCUT2D eigenvalue weighted by atomic mass is 15.0. The second-order valence-corrected chi connectivity index (χ2v) is 2.95. The zero-order valence-corrected chi connectivity index (χ0v) is 5.89. The maximum atomic E-state index is 4.47. The summed E-state index contributed by atoms with van der Waals surface area (Å²) in [6.45, 7) is 6.67. The van der Waals surface area contributed by atoms with E-state index in [4.69, 9.17) is 0 Å². The highest BCUT2D eigenvalue weighted by molar-refractivity contribution is 4.81. The summed E-state index contributed by atoms with van der Waals surface area (Å²) >= 11 is 0. The zero-order chi connectivity index (χ0) is 6.15. The molecular formula is C7H14N. The van der Waals surface area contributed by atoms with Crippen molar-refractivity contribution >= 4 is 0 Å². The maximum Gasteiger partial charge on any atom is 0.0247 e. The van der Waals surface area contributed by atoms with Gasteiger partial charge in [-0.1, -0.05) is 6.92 Å². The minimum atomic E-state index is 0.616. The van der Waals surface area contributed by atoms with E-state index in [9.17, 15) is 0 Å². The van der Waals surface area contributed by atoms with Gasteiger partial charge in [-0.2, -0.15) is 0 Å². The molecule has 1 saturated heterocycles. The van der Waals surface area contributed by atoms with Crippen LogP contribution in [0.3, 0.4) is 0 Å². The number of hydrogen-bond acceptors (Lipinski definition) is 0. The third kappa shape index (κ3) is 1.03. The first-order valence-corrected chi connectivity index (χ1v) is 3.40. The van der Waals surface area contributed by atoms with Crippen LogP contribution in [0.4, 0.5) is 0 Å². The molecule has 0 aromatic heterocycles. The van der Waals surface area contributed by atoms with Gasteiger partial charge >= 0.3 is 0 Å². The van der Waals surface area contributed by atoms with Crippen LogP contribution < -0.4 is 5.32 Å². The smallest absolute Gasteiger partial charge is 0.0247 e. The highest BCUT2D eigenvalue weighted by Crippen LogP contribution is 2.20. The van der Waals surface area contributed by atoms with Crippen molar-refractivity contribution in [3.8, 4) is 0 Å². The Morgan fingerprint density at radius 1 is 1.25 bits per heavy atom. The predicted octanol–water partition coefficient (Wildman–Crippen LogP) is 1.41. The Kier molecular flexibility index (Phi) is 1.57. The van der Waals surface area contributed by atoms with Gasteiger partial charge in [-0.05, 0) is 26.2 Å². The Morgan fingerprint density at radius 2 is 1.88 bits per heavy atom. The van der Waals surface area contributed by atoms with Gasteiger partial charge in [0.25, 0.3) is 0 Å². The SMILES string of the molecule is CC1CC(C)C(C)[N]1. The molecule has 3 unspecified atom stereocenters. The molecule has 1 fully saturated rings. The third-order valence-electron chi connectivity index (χ3n) is 2.03. The van der Waals surface area contributed by atoms with Crippen LogP contribution in [0.2, 0.25) is 0 Å². The Morgan fingerprint density at radius 3 is 2.00 bits per heavy atom. The van der Waals surface area contributed by atoms with Gasteiger partial charge in [0.05, 0.1) is 0 Å². The lowest BCUT2D eigenvalue weighted by molar-refractivity contribution is 0.511. The molecule has 47 valence electrons. The lowest BCUT2D eigenvalue weighted by Gasteiger charge is -2.04. The lowest BCUT2D eigenvalue weighted by Crippen LogP contribution is -2.17. The van der Waals surface area contributed by atoms with Crippen molar-refractivity contribution in [2.24, 2.45) is 5.92 Å². The van der Waals surface area contributed by atoms with Gasteiger partial charge in [-0.15, -0.1) is 0 Å². The van der Waals surface area contributed by atoms with Crippen LogP contribution in [0.15, 0.2) is 0 Å². The first kappa shape index (κ1) is 6.09. The van der Waals surface area contributed by atoms with E-state index in [1.54, 1.807) is 0 Å². The fourth-order valence-corrected chi connectivity index (χ4v) is 1.34. The van der Waals surface area contributed by atoms with E-state index in [1.807, 2.05) is 0 Å². The van der Waals surface area contributed by atoms with Crippen molar-refractivity contribution in [3.05, 3.63) is 0 Å². The van der Waals surface area contributed by atoms with Gasteiger partial charge in [-0.25, -0.2) is 5.32 Å². The molecule has 0 N–H and O–H groups in total. The summed E-state index contributed by atoms with van der Waals surface area (Å²) in [5, 5.41) is 4.47. The van der Waals surface area contributed by atoms with E-state index in [-0.39, 0.29) is 0 Å². The molecular weight excluding hydrogens is 98.1 g/mol. The average molecular weight is 112 g/mol. The third-order valence-corrected chi connectivity index (χ3v) is 2.03. The van der Waals surface area contributed by atoms with Crippen LogP contribution in [0, 0.1) is 5.92 Å². The molecule has 1 heteroatoms. The molecule has 1 nitrogen and oxygen atoms in total. The van der Waals surface area contributed by atoms with E-state index >= 15 is 0 Å². The summed E-state index contributed by atoms with van der Waals surface area (Å²) in [5.41, 5.74) is 0. The number of nitrogens with zero attached hydrogens (tertiary/aromatic N) is 1. The molecule has 0 amide bonds. The molecule has 0 spiro atoms. The average Bonchev–Trinajstić information content (AvgIpc) is 1.85. The number of rotatable bonds is 0. The van der Waals surface area contributed by atoms with Crippen molar-refractivity contribution in [1.29, 1.82) is 0 Å². The van der Waals surface area contributed by atoms with Crippen molar-refractivity contribution < 1.29 is 0 Å². The minimum absolute atomic E-state index is 0.616. The normalized spacial score (nSPS) is 47.6. The molecule has 1 rings (SSSR count). The van der Waals surface area contributed by atoms with E-state index in [1.165, 1.54) is 6.42 Å². The molecule has 1 aliphatic rings. The summed E-state index contributed by atoms with van der Waals surface area (Å²) in [7, 11) is 0. The summed E-state index contributed by atoms with van der Waals surface area (Å²) < 4.78 is 0. The minimum Gasteiger partial charge on any atom is -0.235 e. The molecule has 3 atom stereocenters. The Hall–Kier alpha value is -0.0400. The monoisotopic (exact) mass is 112 g/mol. The fraction of sp³-hybridized carbons (Fsp3) is 1.00. The van der Waals surface area contributed by atoms with Crippen LogP contribution in [0.5, 0.6) is 0 Å². The van der Waals surface area contributed by atoms with Gasteiger partial charge in [0.15, 0.2) is 0 Å². The van der Waals surface area contributed by atoms with Crippen LogP contribution in [-0.2, 0) is 0 Å². The van der Waals surface area contributed by atoms with Gasteiger partial charge < -0.3 is 0 Å². The van der Waals surface area contributed by atoms with Gasteiger partial charge in [0.1, 0.15) is 0 Å². The summed E-state index contributed by atoms with van der Waals surface area (Å²) in [5.74, 6) is 0.824. The molecule has 1 aliphatic heterocycles. The van der Waals surface area contributed by atoms with Crippen LogP contribution in [0.25, 0.3) is 0 Å². The molecule has 1 heterocycles. The first-order chi connectivity index (χ1) is 3.70. The summed E-state index contributed by atoms with van der Waals surface area (Å²) in [4.78, 5) is 0. The van der Waals surface area contributed by atoms with Gasteiger partial charge in [0.2, 0.25) is 0 Å². The number of hydrogen-bond donors (Lipinski definition) is 0. The highest BCUT2D eigenvalue weighted by Gasteiger charge is 2.24. The molecule has 8 heavy (non-hydrogen) atoms. The lowest BCUT2D eigenvalue weighted by atomic mass is 10.0. The maximum absolute atomic E-state index is 4.47. The quantitative estimate of drug-likeness (QED) is 0.450. The fourth-order valence-electron chi connectivity index (χ4n) is 1.34. The Bertz CT molecular complexity index is 70.5. The summed E-state index contributed by atoms with van der Waals surface area (Å²) in [6, 6.07) is 1.24. The molecule has 0 aromatic carbocycles. The van der Waals surface area contributed by atoms with Crippen molar-refractivity contribution in [2.45, 2.75) is 39.3 Å². The van der Waals surface area contributed by atoms with Crippen LogP contribution >= 0.6 is 0 Å². The molecule has 0 aliphatic carbocycles. The largest absolute Gasteiger partial charge is 0.235 e. The van der Waals surface area contributed by atoms with Crippen LogP contribution in [0.1, 0.15) is 27.2 Å². The van der Waals surface area contributed by atoms with E-state index in [2.05, 4.69) is 26.1 Å². The molecule has 0 bridgehead atoms. The van der Waals surface area contributed by atoms with E-state index in [0.29, 0.717) is 12.1 Å². The standard InChI is InChI=1S/C7H14N/c1-5-4-6(2)8-7(5)3/h5-7H,4H2,1-3H3. The van der Waals surface area contributed by atoms with E-state index in [0.717, 1.165) is 5.92 Å². The van der Waals surface area contributed by atoms with Crippen LogP contribution in [-0.4, -0.2) is 12.1 Å². The second-order valence-electron chi connectivity index (χ2n) is 2.95. The van der Waals surface area contributed by atoms with Crippen molar-refractivity contribution in [2.75, 3.05) is 0 Å². The molecule has 0 saturated carbocycles. The summed E-state index contributed by atoms with van der Waals surface area (Å²) in [6.07, 6.45) is 1.29. The molecule has 0 aromatic rings. The first-order valence-electron chi connectivity index (χ1n) is 3.40. The Labute approximate surface area is 51.5 Å². The van der Waals surface area contributed by atoms with Gasteiger partial charge in [-0.3, -0.25) is 0 Å². The topological polar surface area (TPSA) is 14.1 Å². The van der Waals surface area contributed by atoms with Gasteiger partial charge in [0, 0.05) is 12.1 Å². The zero-order valence-electron chi connectivity index (χ0n) is 5.89. The van der Waals surface area contributed by atoms with E-state index < -0.39 is 0 Å². The second kappa shape index (κ2) is 2.06. The van der Waals surface area contributed by atoms with Crippen molar-refractivity contribution in [1.82, 2.24) is 5.32 Å².